The van der Waals surface area contributed by atoms with E-state index >= 15 is 0 Å². The molecule has 0 N–H and O–H groups in total. The van der Waals surface area contributed by atoms with Crippen LogP contribution in [0.2, 0.25) is 0 Å². The van der Waals surface area contributed by atoms with Crippen LogP contribution in [0.3, 0.4) is 0 Å². The molecule has 1 fully saturated rings. The lowest BCUT2D eigenvalue weighted by Crippen LogP contribution is -2.42. The molecule has 2 aromatic rings. The van der Waals surface area contributed by atoms with E-state index in [9.17, 15) is 21.0 Å². The fourth-order valence-corrected chi connectivity index (χ4v) is 3.96. The Balaban J connectivity index is 2.25. The van der Waals surface area contributed by atoms with Gasteiger partial charge >= 0.3 is 0 Å². The predicted molar refractivity (Wildman–Crippen MR) is 110 cm³/mol. The molecular formula is C25H20N4. The lowest BCUT2D eigenvalue weighted by molar-refractivity contribution is 0.243. The second kappa shape index (κ2) is 7.64. The van der Waals surface area contributed by atoms with Crippen LogP contribution in [0, 0.1) is 70.0 Å². The maximum Gasteiger partial charge on any atom is 0.179 e. The number of hydrogen-bond acceptors (Lipinski definition) is 4. The molecule has 2 aromatic carbocycles. The SMILES string of the molecule is Cc1ccc(C(=C2CCC(C#N)(C#N)C(C#N)(C#N)C2)c2ccc(C)cc2)cc1. The first-order valence-electron chi connectivity index (χ1n) is 9.45. The van der Waals surface area contributed by atoms with Gasteiger partial charge in [-0.05, 0) is 43.4 Å². The topological polar surface area (TPSA) is 95.2 Å². The lowest BCUT2D eigenvalue weighted by Gasteiger charge is -2.37. The molecule has 1 saturated carbocycles. The first kappa shape index (κ1) is 19.9. The van der Waals surface area contributed by atoms with Crippen LogP contribution in [0.25, 0.3) is 5.57 Å². The van der Waals surface area contributed by atoms with Gasteiger partial charge < -0.3 is 0 Å². The van der Waals surface area contributed by atoms with Crippen LogP contribution in [-0.4, -0.2) is 0 Å². The standard InChI is InChI=1S/C25H20N4/c1-18-3-7-20(8-4-18)23(21-9-5-19(2)6-10-21)22-11-12-24(14-26,15-27)25(13-22,16-28)17-29/h3-10H,11-13H2,1-2H3. The third kappa shape index (κ3) is 3.27. The second-order valence-electron chi connectivity index (χ2n) is 7.65. The van der Waals surface area contributed by atoms with Crippen molar-refractivity contribution in [1.82, 2.24) is 0 Å². The summed E-state index contributed by atoms with van der Waals surface area (Å²) in [7, 11) is 0. The van der Waals surface area contributed by atoms with Crippen molar-refractivity contribution in [2.24, 2.45) is 10.8 Å². The highest BCUT2D eigenvalue weighted by Gasteiger charge is 2.57. The van der Waals surface area contributed by atoms with Gasteiger partial charge in [-0.2, -0.15) is 21.0 Å². The average molecular weight is 376 g/mol. The molecule has 1 aliphatic rings. The summed E-state index contributed by atoms with van der Waals surface area (Å²) in [4.78, 5) is 0. The normalized spacial score (nSPS) is 16.6. The molecule has 0 atom stereocenters. The summed E-state index contributed by atoms with van der Waals surface area (Å²) in [5, 5.41) is 39.0. The van der Waals surface area contributed by atoms with Gasteiger partial charge in [0.25, 0.3) is 0 Å². The molecule has 0 amide bonds. The number of nitrogens with zero attached hydrogens (tertiary/aromatic N) is 4. The Hall–Kier alpha value is -3.86. The van der Waals surface area contributed by atoms with Gasteiger partial charge in [0.2, 0.25) is 0 Å². The maximum absolute atomic E-state index is 9.86. The summed E-state index contributed by atoms with van der Waals surface area (Å²) in [6.07, 6.45) is 0.735. The third-order valence-electron chi connectivity index (χ3n) is 5.81. The van der Waals surface area contributed by atoms with Crippen molar-refractivity contribution in [3.8, 4) is 24.3 Å². The lowest BCUT2D eigenvalue weighted by atomic mass is 9.56. The molecule has 1 aliphatic carbocycles. The summed E-state index contributed by atoms with van der Waals surface area (Å²) in [5.74, 6) is 0. The monoisotopic (exact) mass is 376 g/mol. The highest BCUT2D eigenvalue weighted by molar-refractivity contribution is 5.83. The summed E-state index contributed by atoms with van der Waals surface area (Å²) >= 11 is 0. The van der Waals surface area contributed by atoms with Gasteiger partial charge in [-0.3, -0.25) is 0 Å². The molecule has 0 saturated heterocycles. The van der Waals surface area contributed by atoms with Crippen LogP contribution in [0.15, 0.2) is 54.1 Å². The van der Waals surface area contributed by atoms with Crippen molar-refractivity contribution in [3.63, 3.8) is 0 Å². The molecule has 29 heavy (non-hydrogen) atoms. The highest BCUT2D eigenvalue weighted by Crippen LogP contribution is 2.53. The molecule has 0 aliphatic heterocycles. The van der Waals surface area contributed by atoms with Crippen LogP contribution in [-0.2, 0) is 0 Å². The van der Waals surface area contributed by atoms with E-state index in [1.807, 2.05) is 86.7 Å². The van der Waals surface area contributed by atoms with Crippen molar-refractivity contribution in [3.05, 3.63) is 76.4 Å². The van der Waals surface area contributed by atoms with E-state index in [1.165, 1.54) is 0 Å². The number of hydrogen-bond donors (Lipinski definition) is 0. The third-order valence-corrected chi connectivity index (χ3v) is 5.81. The van der Waals surface area contributed by atoms with E-state index in [2.05, 4.69) is 0 Å². The van der Waals surface area contributed by atoms with Crippen molar-refractivity contribution in [2.45, 2.75) is 33.1 Å². The summed E-state index contributed by atoms with van der Waals surface area (Å²) in [6, 6.07) is 24.3. The summed E-state index contributed by atoms with van der Waals surface area (Å²) in [5.41, 5.74) is 2.88. The van der Waals surface area contributed by atoms with Gasteiger partial charge in [-0.25, -0.2) is 0 Å². The molecule has 3 rings (SSSR count). The van der Waals surface area contributed by atoms with Crippen LogP contribution < -0.4 is 0 Å². The second-order valence-corrected chi connectivity index (χ2v) is 7.65. The number of benzene rings is 2. The zero-order valence-corrected chi connectivity index (χ0v) is 16.5. The molecule has 0 aromatic heterocycles. The van der Waals surface area contributed by atoms with Gasteiger partial charge in [0, 0.05) is 6.42 Å². The quantitative estimate of drug-likeness (QED) is 0.705. The number of nitriles is 4. The largest absolute Gasteiger partial charge is 0.196 e. The summed E-state index contributed by atoms with van der Waals surface area (Å²) in [6.45, 7) is 4.04. The molecular weight excluding hydrogens is 356 g/mol. The fraction of sp³-hybridized carbons (Fsp3) is 0.280. The molecule has 0 bridgehead atoms. The first-order chi connectivity index (χ1) is 13.9. The van der Waals surface area contributed by atoms with E-state index in [0.717, 1.165) is 33.4 Å². The van der Waals surface area contributed by atoms with Crippen LogP contribution >= 0.6 is 0 Å². The molecule has 0 unspecified atom stereocenters. The van der Waals surface area contributed by atoms with Crippen molar-refractivity contribution in [1.29, 1.82) is 21.0 Å². The fourth-order valence-electron chi connectivity index (χ4n) is 3.96. The van der Waals surface area contributed by atoms with Gasteiger partial charge in [0.05, 0.1) is 24.3 Å². The average Bonchev–Trinajstić information content (AvgIpc) is 2.76. The Morgan fingerprint density at radius 3 is 1.48 bits per heavy atom. The molecule has 4 nitrogen and oxygen atoms in total. The Morgan fingerprint density at radius 2 is 1.10 bits per heavy atom. The van der Waals surface area contributed by atoms with Gasteiger partial charge in [0.1, 0.15) is 0 Å². The van der Waals surface area contributed by atoms with Crippen molar-refractivity contribution < 1.29 is 0 Å². The minimum atomic E-state index is -1.69. The minimum absolute atomic E-state index is 0.0816. The molecule has 0 radical (unpaired) electrons. The minimum Gasteiger partial charge on any atom is -0.196 e. The molecule has 140 valence electrons. The Bertz CT molecular complexity index is 1050. The Morgan fingerprint density at radius 1 is 0.690 bits per heavy atom. The van der Waals surface area contributed by atoms with Crippen LogP contribution in [0.5, 0.6) is 0 Å². The maximum atomic E-state index is 9.86. The number of aryl methyl sites for hydroxylation is 2. The molecule has 0 heterocycles. The molecule has 4 heteroatoms. The van der Waals surface area contributed by atoms with Gasteiger partial charge in [0.15, 0.2) is 10.8 Å². The van der Waals surface area contributed by atoms with Gasteiger partial charge in [-0.15, -0.1) is 0 Å². The molecule has 0 spiro atoms. The summed E-state index contributed by atoms with van der Waals surface area (Å²) < 4.78 is 0. The number of allylic oxidation sites excluding steroid dienone is 1. The highest BCUT2D eigenvalue weighted by atomic mass is 14.6. The first-order valence-corrected chi connectivity index (χ1v) is 9.45. The zero-order chi connectivity index (χ0) is 21.1. The van der Waals surface area contributed by atoms with Gasteiger partial charge in [-0.1, -0.05) is 65.2 Å². The van der Waals surface area contributed by atoms with Crippen molar-refractivity contribution in [2.75, 3.05) is 0 Å². The van der Waals surface area contributed by atoms with Crippen molar-refractivity contribution >= 4 is 5.57 Å². The zero-order valence-electron chi connectivity index (χ0n) is 16.5. The van der Waals surface area contributed by atoms with E-state index in [-0.39, 0.29) is 12.8 Å². The number of rotatable bonds is 2. The predicted octanol–water partition coefficient (Wildman–Crippen LogP) is 5.36. The van der Waals surface area contributed by atoms with E-state index < -0.39 is 10.8 Å². The van der Waals surface area contributed by atoms with Crippen LogP contribution in [0.4, 0.5) is 0 Å². The van der Waals surface area contributed by atoms with E-state index in [0.29, 0.717) is 6.42 Å². The Kier molecular flexibility index (Phi) is 5.24. The van der Waals surface area contributed by atoms with Crippen LogP contribution in [0.1, 0.15) is 41.5 Å². The Labute approximate surface area is 171 Å². The van der Waals surface area contributed by atoms with E-state index in [4.69, 9.17) is 0 Å². The van der Waals surface area contributed by atoms with E-state index in [1.54, 1.807) is 0 Å². The smallest absolute Gasteiger partial charge is 0.179 e.